The molecule has 9 heteroatoms. The highest BCUT2D eigenvalue weighted by Crippen LogP contribution is 2.32. The van der Waals surface area contributed by atoms with Gasteiger partial charge in [0.15, 0.2) is 5.82 Å². The van der Waals surface area contributed by atoms with E-state index < -0.39 is 11.9 Å². The number of hydrogen-bond acceptors (Lipinski definition) is 6. The molecule has 0 unspecified atom stereocenters. The van der Waals surface area contributed by atoms with Crippen molar-refractivity contribution in [1.29, 1.82) is 0 Å². The summed E-state index contributed by atoms with van der Waals surface area (Å²) >= 11 is 0. The minimum Gasteiger partial charge on any atom is -0.508 e. The van der Waals surface area contributed by atoms with Crippen LogP contribution in [0.5, 0.6) is 5.75 Å². The minimum absolute atomic E-state index is 0.117. The van der Waals surface area contributed by atoms with Crippen LogP contribution in [0.25, 0.3) is 22.3 Å². The highest BCUT2D eigenvalue weighted by Gasteiger charge is 2.26. The number of H-pyrrole nitrogens is 1. The molecule has 1 saturated heterocycles. The van der Waals surface area contributed by atoms with Crippen LogP contribution < -0.4 is 10.2 Å². The van der Waals surface area contributed by atoms with E-state index in [1.807, 2.05) is 55.7 Å². The summed E-state index contributed by atoms with van der Waals surface area (Å²) in [6.07, 6.45) is 4.76. The van der Waals surface area contributed by atoms with Gasteiger partial charge in [-0.1, -0.05) is 18.2 Å². The van der Waals surface area contributed by atoms with E-state index in [-0.39, 0.29) is 17.2 Å². The molecule has 1 amide bonds. The fourth-order valence-electron chi connectivity index (χ4n) is 5.62. The number of carbonyl (C=O) groups is 1. The second kappa shape index (κ2) is 11.3. The predicted molar refractivity (Wildman–Crippen MR) is 162 cm³/mol. The summed E-state index contributed by atoms with van der Waals surface area (Å²) in [7, 11) is 4.20. The van der Waals surface area contributed by atoms with Crippen LogP contribution in [0.15, 0.2) is 79.1 Å². The van der Waals surface area contributed by atoms with Crippen molar-refractivity contribution in [2.75, 3.05) is 32.1 Å². The van der Waals surface area contributed by atoms with E-state index in [4.69, 9.17) is 0 Å². The number of nitrogens with zero attached hydrogens (tertiary/aromatic N) is 4. The molecule has 8 nitrogen and oxygen atoms in total. The van der Waals surface area contributed by atoms with Gasteiger partial charge in [0.05, 0.1) is 24.1 Å². The molecule has 0 radical (unpaired) electrons. The zero-order valence-electron chi connectivity index (χ0n) is 23.8. The van der Waals surface area contributed by atoms with E-state index in [0.29, 0.717) is 23.1 Å². The summed E-state index contributed by atoms with van der Waals surface area (Å²) in [5, 5.41) is 14.6. The first kappa shape index (κ1) is 27.4. The summed E-state index contributed by atoms with van der Waals surface area (Å²) < 4.78 is 14.3. The maximum absolute atomic E-state index is 14.3. The molecule has 3 N–H and O–H groups in total. The van der Waals surface area contributed by atoms with Crippen LogP contribution in [0.4, 0.5) is 10.1 Å². The van der Waals surface area contributed by atoms with Crippen LogP contribution in [-0.4, -0.2) is 64.1 Å². The van der Waals surface area contributed by atoms with Gasteiger partial charge in [0.1, 0.15) is 11.6 Å². The Morgan fingerprint density at radius 2 is 1.88 bits per heavy atom. The van der Waals surface area contributed by atoms with Crippen molar-refractivity contribution in [2.24, 2.45) is 0 Å². The Bertz CT molecular complexity index is 1720. The van der Waals surface area contributed by atoms with E-state index in [1.54, 1.807) is 12.1 Å². The third kappa shape index (κ3) is 5.56. The highest BCUT2D eigenvalue weighted by atomic mass is 19.1. The lowest BCUT2D eigenvalue weighted by atomic mass is 10.0. The van der Waals surface area contributed by atoms with Gasteiger partial charge >= 0.3 is 0 Å². The first-order chi connectivity index (χ1) is 20.2. The average molecular weight is 565 g/mol. The van der Waals surface area contributed by atoms with Crippen LogP contribution in [0.3, 0.4) is 0 Å². The normalized spacial score (nSPS) is 15.8. The number of aryl methyl sites for hydroxylation is 1. The number of hydrogen-bond donors (Lipinski definition) is 3. The van der Waals surface area contributed by atoms with E-state index in [1.165, 1.54) is 18.2 Å². The molecule has 1 aliphatic rings. The highest BCUT2D eigenvalue weighted by molar-refractivity contribution is 5.96. The molecular formula is C33H33FN6O2. The van der Waals surface area contributed by atoms with Crippen molar-refractivity contribution in [3.05, 3.63) is 107 Å². The zero-order valence-corrected chi connectivity index (χ0v) is 23.8. The molecule has 0 aliphatic carbocycles. The second-order valence-electron chi connectivity index (χ2n) is 11.1. The molecular weight excluding hydrogens is 531 g/mol. The number of carbonyl (C=O) groups excluding carboxylic acids is 1. The summed E-state index contributed by atoms with van der Waals surface area (Å²) in [4.78, 5) is 30.8. The third-order valence-electron chi connectivity index (χ3n) is 7.93. The zero-order chi connectivity index (χ0) is 29.4. The number of phenols is 1. The number of benzene rings is 3. The Balaban J connectivity index is 1.29. The molecule has 3 heterocycles. The Morgan fingerprint density at radius 1 is 1.10 bits per heavy atom. The van der Waals surface area contributed by atoms with Crippen LogP contribution >= 0.6 is 0 Å². The number of fused-ring (bicyclic) bond motifs is 1. The first-order valence-electron chi connectivity index (χ1n) is 14.0. The largest absolute Gasteiger partial charge is 0.508 e. The summed E-state index contributed by atoms with van der Waals surface area (Å²) in [6.45, 7) is 3.80. The molecule has 1 fully saturated rings. The van der Waals surface area contributed by atoms with Gasteiger partial charge in [-0.3, -0.25) is 4.79 Å². The minimum atomic E-state index is -0.827. The molecule has 214 valence electrons. The number of rotatable bonds is 7. The van der Waals surface area contributed by atoms with Gasteiger partial charge in [0, 0.05) is 47.0 Å². The van der Waals surface area contributed by atoms with Crippen molar-refractivity contribution in [3.63, 3.8) is 0 Å². The third-order valence-corrected chi connectivity index (χ3v) is 7.93. The van der Waals surface area contributed by atoms with E-state index in [0.717, 1.165) is 47.2 Å². The van der Waals surface area contributed by atoms with Gasteiger partial charge in [-0.25, -0.2) is 14.4 Å². The number of likely N-dealkylation sites (N-methyl/N-ethyl adjacent to an activating group) is 1. The number of halogens is 1. The van der Waals surface area contributed by atoms with E-state index in [9.17, 15) is 14.3 Å². The number of phenolic OH excluding ortho intramolecular Hbond substituents is 1. The quantitative estimate of drug-likeness (QED) is 0.244. The lowest BCUT2D eigenvalue weighted by Crippen LogP contribution is -2.31. The second-order valence-corrected chi connectivity index (χ2v) is 11.1. The Hall–Kier alpha value is -4.76. The number of aromatic amines is 1. The smallest absolute Gasteiger partial charge is 0.252 e. The van der Waals surface area contributed by atoms with Crippen molar-refractivity contribution >= 4 is 22.5 Å². The Morgan fingerprint density at radius 3 is 2.62 bits per heavy atom. The van der Waals surface area contributed by atoms with Crippen molar-refractivity contribution in [1.82, 2.24) is 25.2 Å². The van der Waals surface area contributed by atoms with Gasteiger partial charge in [-0.2, -0.15) is 0 Å². The summed E-state index contributed by atoms with van der Waals surface area (Å²) in [6, 6.07) is 18.5. The van der Waals surface area contributed by atoms with Crippen LogP contribution in [0.2, 0.25) is 0 Å². The molecule has 0 bridgehead atoms. The topological polar surface area (TPSA) is 97.4 Å². The fraction of sp³-hybridized carbons (Fsp3) is 0.242. The molecule has 3 aromatic carbocycles. The van der Waals surface area contributed by atoms with Gasteiger partial charge in [-0.15, -0.1) is 0 Å². The molecule has 0 saturated carbocycles. The molecule has 42 heavy (non-hydrogen) atoms. The first-order valence-corrected chi connectivity index (χ1v) is 14.0. The molecule has 0 spiro atoms. The van der Waals surface area contributed by atoms with Gasteiger partial charge in [-0.05, 0) is 86.9 Å². The summed E-state index contributed by atoms with van der Waals surface area (Å²) in [5.74, 6) is -0.484. The van der Waals surface area contributed by atoms with Crippen LogP contribution in [-0.2, 0) is 0 Å². The number of nitrogens with one attached hydrogen (secondary N) is 2. The predicted octanol–water partition coefficient (Wildman–Crippen LogP) is 5.44. The van der Waals surface area contributed by atoms with E-state index >= 15 is 0 Å². The maximum Gasteiger partial charge on any atom is 0.252 e. The lowest BCUT2D eigenvalue weighted by Gasteiger charge is -2.21. The average Bonchev–Trinajstić information content (AvgIpc) is 3.65. The molecule has 6 rings (SSSR count). The van der Waals surface area contributed by atoms with Crippen LogP contribution in [0, 0.1) is 12.7 Å². The number of para-hydroxylation sites is 1. The van der Waals surface area contributed by atoms with Crippen molar-refractivity contribution in [2.45, 2.75) is 25.4 Å². The molecule has 5 aromatic rings. The van der Waals surface area contributed by atoms with Gasteiger partial charge in [0.2, 0.25) is 0 Å². The monoisotopic (exact) mass is 564 g/mol. The molecule has 1 aliphatic heterocycles. The molecule has 2 aromatic heterocycles. The number of amides is 1. The van der Waals surface area contributed by atoms with Crippen molar-refractivity contribution in [3.8, 4) is 17.1 Å². The van der Waals surface area contributed by atoms with Crippen LogP contribution in [0.1, 0.15) is 39.6 Å². The summed E-state index contributed by atoms with van der Waals surface area (Å²) in [5.41, 5.74) is 4.71. The Kier molecular flexibility index (Phi) is 7.34. The van der Waals surface area contributed by atoms with Crippen molar-refractivity contribution < 1.29 is 14.3 Å². The molecule has 2 atom stereocenters. The number of anilines is 1. The lowest BCUT2D eigenvalue weighted by molar-refractivity contribution is 0.0942. The fourth-order valence-corrected chi connectivity index (χ4v) is 5.62. The Labute approximate surface area is 243 Å². The van der Waals surface area contributed by atoms with Gasteiger partial charge in [0.25, 0.3) is 5.91 Å². The van der Waals surface area contributed by atoms with Gasteiger partial charge < -0.3 is 25.2 Å². The van der Waals surface area contributed by atoms with E-state index in [2.05, 4.69) is 44.2 Å². The SMILES string of the molecule is Cc1cc(C(=O)N[C@@H](c2cc3ccccc3[nH]2)c2cc(F)ccc2O)cc(-c2ncc(N3CC[C@H](N(C)C)C3)cn2)c1. The standard InChI is InChI=1S/C33H33FN6O2/c1-20-12-22(32-35-17-26(18-36-32)40-11-10-25(19-40)39(2)3)14-23(13-20)33(42)38-31(27-16-24(34)8-9-30(27)41)29-15-21-6-4-5-7-28(21)37-29/h4-9,12-18,25,31,37,41H,10-11,19H2,1-3H3,(H,38,42)/t25-,31+/m0/s1. The number of aromatic nitrogens is 3. The maximum atomic E-state index is 14.3. The number of aromatic hydroxyl groups is 1.